The summed E-state index contributed by atoms with van der Waals surface area (Å²) in [6.07, 6.45) is 3.00. The summed E-state index contributed by atoms with van der Waals surface area (Å²) in [4.78, 5) is 12.3. The molecule has 1 aromatic heterocycles. The molecule has 1 saturated carbocycles. The second-order valence-electron chi connectivity index (χ2n) is 5.81. The van der Waals surface area contributed by atoms with Crippen LogP contribution in [0.25, 0.3) is 0 Å². The van der Waals surface area contributed by atoms with Crippen LogP contribution in [-0.2, 0) is 4.79 Å². The van der Waals surface area contributed by atoms with E-state index in [0.717, 1.165) is 24.8 Å². The number of carbonyl (C=O) groups is 1. The number of hydrogen-bond acceptors (Lipinski definition) is 5. The van der Waals surface area contributed by atoms with E-state index in [1.54, 1.807) is 0 Å². The van der Waals surface area contributed by atoms with Gasteiger partial charge >= 0.3 is 0 Å². The first-order chi connectivity index (χ1) is 11.6. The number of rotatable bonds is 7. The molecule has 24 heavy (non-hydrogen) atoms. The van der Waals surface area contributed by atoms with Crippen LogP contribution < -0.4 is 11.1 Å². The molecule has 1 aliphatic carbocycles. The van der Waals surface area contributed by atoms with Gasteiger partial charge in [0, 0.05) is 11.1 Å². The third kappa shape index (κ3) is 4.02. The SMILES string of the molecule is CC[C@H](NC(=O)CSc1nnc(N)n1C1CC1)c1ccc(Cl)cc1. The highest BCUT2D eigenvalue weighted by atomic mass is 35.5. The molecule has 1 aliphatic rings. The number of amides is 1. The predicted molar refractivity (Wildman–Crippen MR) is 96.1 cm³/mol. The van der Waals surface area contributed by atoms with E-state index in [4.69, 9.17) is 17.3 Å². The number of anilines is 1. The zero-order chi connectivity index (χ0) is 17.1. The van der Waals surface area contributed by atoms with E-state index in [0.29, 0.717) is 22.2 Å². The van der Waals surface area contributed by atoms with Gasteiger partial charge in [0.05, 0.1) is 11.8 Å². The van der Waals surface area contributed by atoms with Crippen molar-refractivity contribution in [3.63, 3.8) is 0 Å². The third-order valence-electron chi connectivity index (χ3n) is 3.95. The van der Waals surface area contributed by atoms with E-state index in [1.165, 1.54) is 11.8 Å². The Morgan fingerprint density at radius 3 is 2.75 bits per heavy atom. The highest BCUT2D eigenvalue weighted by Gasteiger charge is 2.29. The maximum absolute atomic E-state index is 12.3. The summed E-state index contributed by atoms with van der Waals surface area (Å²) in [5.74, 6) is 0.674. The van der Waals surface area contributed by atoms with Crippen LogP contribution in [0.2, 0.25) is 5.02 Å². The molecule has 0 bridgehead atoms. The normalized spacial score (nSPS) is 15.2. The van der Waals surface area contributed by atoms with Crippen molar-refractivity contribution >= 4 is 35.2 Å². The maximum atomic E-state index is 12.3. The summed E-state index contributed by atoms with van der Waals surface area (Å²) in [5.41, 5.74) is 6.89. The summed E-state index contributed by atoms with van der Waals surface area (Å²) < 4.78 is 1.93. The van der Waals surface area contributed by atoms with Gasteiger partial charge in [0.1, 0.15) is 0 Å². The van der Waals surface area contributed by atoms with Crippen molar-refractivity contribution in [2.45, 2.75) is 43.4 Å². The summed E-state index contributed by atoms with van der Waals surface area (Å²) in [6.45, 7) is 2.04. The molecule has 1 fully saturated rings. The first-order valence-electron chi connectivity index (χ1n) is 7.96. The largest absolute Gasteiger partial charge is 0.368 e. The number of hydrogen-bond donors (Lipinski definition) is 2. The lowest BCUT2D eigenvalue weighted by Gasteiger charge is -2.17. The number of nitrogens with two attached hydrogens (primary N) is 1. The summed E-state index contributed by atoms with van der Waals surface area (Å²) in [7, 11) is 0. The molecule has 1 aromatic carbocycles. The minimum Gasteiger partial charge on any atom is -0.368 e. The lowest BCUT2D eigenvalue weighted by atomic mass is 10.0. The number of benzene rings is 1. The topological polar surface area (TPSA) is 85.8 Å². The fourth-order valence-corrected chi connectivity index (χ4v) is 3.49. The molecule has 2 aromatic rings. The Kier molecular flexibility index (Phi) is 5.30. The molecular weight excluding hydrogens is 346 g/mol. The van der Waals surface area contributed by atoms with Crippen molar-refractivity contribution in [1.29, 1.82) is 0 Å². The average Bonchev–Trinajstić information content (AvgIpc) is 3.34. The van der Waals surface area contributed by atoms with Crippen molar-refractivity contribution in [3.05, 3.63) is 34.9 Å². The second-order valence-corrected chi connectivity index (χ2v) is 7.19. The smallest absolute Gasteiger partial charge is 0.230 e. The zero-order valence-corrected chi connectivity index (χ0v) is 15.0. The van der Waals surface area contributed by atoms with Gasteiger partial charge in [-0.15, -0.1) is 10.2 Å². The molecule has 1 heterocycles. The fraction of sp³-hybridized carbons (Fsp3) is 0.438. The van der Waals surface area contributed by atoms with Crippen LogP contribution in [0.3, 0.4) is 0 Å². The van der Waals surface area contributed by atoms with Crippen molar-refractivity contribution in [3.8, 4) is 0 Å². The minimum atomic E-state index is -0.0364. The van der Waals surface area contributed by atoms with E-state index in [1.807, 2.05) is 35.8 Å². The second kappa shape index (κ2) is 7.44. The van der Waals surface area contributed by atoms with Gasteiger partial charge in [-0.25, -0.2) is 0 Å². The molecule has 0 unspecified atom stereocenters. The van der Waals surface area contributed by atoms with Crippen LogP contribution >= 0.6 is 23.4 Å². The van der Waals surface area contributed by atoms with Crippen molar-refractivity contribution in [1.82, 2.24) is 20.1 Å². The lowest BCUT2D eigenvalue weighted by molar-refractivity contribution is -0.119. The number of nitrogens with one attached hydrogen (secondary N) is 1. The molecule has 128 valence electrons. The van der Waals surface area contributed by atoms with Gasteiger partial charge in [-0.3, -0.25) is 9.36 Å². The number of aromatic nitrogens is 3. The Balaban J connectivity index is 1.57. The lowest BCUT2D eigenvalue weighted by Crippen LogP contribution is -2.29. The van der Waals surface area contributed by atoms with E-state index in [2.05, 4.69) is 15.5 Å². The van der Waals surface area contributed by atoms with E-state index in [-0.39, 0.29) is 17.7 Å². The Hall–Kier alpha value is -1.73. The standard InChI is InChI=1S/C16H20ClN5OS/c1-2-13(10-3-5-11(17)6-4-10)19-14(23)9-24-16-21-20-15(18)22(16)12-7-8-12/h3-6,12-13H,2,7-9H2,1H3,(H2,18,20)(H,19,23)/t13-/m0/s1. The number of carbonyl (C=O) groups excluding carboxylic acids is 1. The Bertz CT molecular complexity index is 714. The molecule has 3 N–H and O–H groups in total. The number of nitrogens with zero attached hydrogens (tertiary/aromatic N) is 3. The van der Waals surface area contributed by atoms with Crippen LogP contribution in [-0.4, -0.2) is 26.4 Å². The molecule has 0 aliphatic heterocycles. The van der Waals surface area contributed by atoms with Gasteiger partial charge in [-0.2, -0.15) is 0 Å². The zero-order valence-electron chi connectivity index (χ0n) is 13.4. The molecule has 0 spiro atoms. The summed E-state index contributed by atoms with van der Waals surface area (Å²) in [6, 6.07) is 7.91. The van der Waals surface area contributed by atoms with Crippen LogP contribution in [0.5, 0.6) is 0 Å². The first kappa shape index (κ1) is 17.1. The van der Waals surface area contributed by atoms with Gasteiger partial charge in [-0.05, 0) is 37.0 Å². The number of thioether (sulfide) groups is 1. The number of halogens is 1. The first-order valence-corrected chi connectivity index (χ1v) is 9.32. The van der Waals surface area contributed by atoms with Crippen LogP contribution in [0.1, 0.15) is 43.8 Å². The Labute approximate surface area is 150 Å². The molecule has 8 heteroatoms. The average molecular weight is 366 g/mol. The highest BCUT2D eigenvalue weighted by molar-refractivity contribution is 7.99. The van der Waals surface area contributed by atoms with E-state index in [9.17, 15) is 4.79 Å². The van der Waals surface area contributed by atoms with Gasteiger partial charge in [0.15, 0.2) is 5.16 Å². The molecule has 0 radical (unpaired) electrons. The maximum Gasteiger partial charge on any atom is 0.230 e. The van der Waals surface area contributed by atoms with Gasteiger partial charge in [0.25, 0.3) is 0 Å². The monoisotopic (exact) mass is 365 g/mol. The van der Waals surface area contributed by atoms with Crippen molar-refractivity contribution in [2.24, 2.45) is 0 Å². The molecule has 0 saturated heterocycles. The molecule has 1 amide bonds. The molecular formula is C16H20ClN5OS. The molecule has 1 atom stereocenters. The predicted octanol–water partition coefficient (Wildman–Crippen LogP) is 3.21. The van der Waals surface area contributed by atoms with Crippen molar-refractivity contribution < 1.29 is 4.79 Å². The Morgan fingerprint density at radius 1 is 1.42 bits per heavy atom. The van der Waals surface area contributed by atoms with Crippen LogP contribution in [0, 0.1) is 0 Å². The molecule has 6 nitrogen and oxygen atoms in total. The molecule has 3 rings (SSSR count). The summed E-state index contributed by atoms with van der Waals surface area (Å²) >= 11 is 7.28. The van der Waals surface area contributed by atoms with Gasteiger partial charge in [0.2, 0.25) is 11.9 Å². The summed E-state index contributed by atoms with van der Waals surface area (Å²) in [5, 5.41) is 12.4. The van der Waals surface area contributed by atoms with Crippen molar-refractivity contribution in [2.75, 3.05) is 11.5 Å². The van der Waals surface area contributed by atoms with E-state index < -0.39 is 0 Å². The highest BCUT2D eigenvalue weighted by Crippen LogP contribution is 2.39. The van der Waals surface area contributed by atoms with Crippen LogP contribution in [0.4, 0.5) is 5.95 Å². The Morgan fingerprint density at radius 2 is 2.12 bits per heavy atom. The van der Waals surface area contributed by atoms with Gasteiger partial charge < -0.3 is 11.1 Å². The fourth-order valence-electron chi connectivity index (χ4n) is 2.55. The third-order valence-corrected chi connectivity index (χ3v) is 5.15. The number of nitrogen functional groups attached to an aromatic ring is 1. The minimum absolute atomic E-state index is 0.0262. The van der Waals surface area contributed by atoms with Gasteiger partial charge in [-0.1, -0.05) is 42.4 Å². The quantitative estimate of drug-likeness (QED) is 0.736. The van der Waals surface area contributed by atoms with E-state index >= 15 is 0 Å². The van der Waals surface area contributed by atoms with Crippen LogP contribution in [0.15, 0.2) is 29.4 Å².